The minimum Gasteiger partial charge on any atom is -0.328 e. The van der Waals surface area contributed by atoms with Crippen LogP contribution in [0.5, 0.6) is 0 Å². The molecular weight excluding hydrogens is 270 g/mol. The molecule has 1 aliphatic rings. The average molecular weight is 299 g/mol. The van der Waals surface area contributed by atoms with Gasteiger partial charge in [0.2, 0.25) is 0 Å². The van der Waals surface area contributed by atoms with Crippen LogP contribution in [0.3, 0.4) is 0 Å². The van der Waals surface area contributed by atoms with Crippen molar-refractivity contribution in [2.45, 2.75) is 58.4 Å². The van der Waals surface area contributed by atoms with Crippen molar-refractivity contribution in [3.05, 3.63) is 30.1 Å². The number of nitrogens with zero attached hydrogens (tertiary/aromatic N) is 3. The Morgan fingerprint density at radius 1 is 1.00 bits per heavy atom. The van der Waals surface area contributed by atoms with Crippen molar-refractivity contribution in [1.29, 1.82) is 0 Å². The van der Waals surface area contributed by atoms with Gasteiger partial charge in [-0.1, -0.05) is 25.5 Å². The van der Waals surface area contributed by atoms with E-state index in [1.54, 1.807) is 0 Å². The zero-order chi connectivity index (χ0) is 15.2. The van der Waals surface area contributed by atoms with Crippen LogP contribution in [0.25, 0.3) is 11.0 Å². The molecule has 1 saturated heterocycles. The van der Waals surface area contributed by atoms with E-state index in [1.807, 2.05) is 0 Å². The number of para-hydroxylation sites is 2. The third kappa shape index (κ3) is 3.70. The van der Waals surface area contributed by atoms with Crippen molar-refractivity contribution in [1.82, 2.24) is 14.5 Å². The van der Waals surface area contributed by atoms with Crippen LogP contribution < -0.4 is 0 Å². The first-order valence-corrected chi connectivity index (χ1v) is 9.05. The molecule has 0 radical (unpaired) electrons. The highest BCUT2D eigenvalue weighted by atomic mass is 15.1. The van der Waals surface area contributed by atoms with E-state index in [0.29, 0.717) is 0 Å². The molecule has 0 atom stereocenters. The van der Waals surface area contributed by atoms with Crippen molar-refractivity contribution in [3.63, 3.8) is 0 Å². The summed E-state index contributed by atoms with van der Waals surface area (Å²) >= 11 is 0. The van der Waals surface area contributed by atoms with Crippen LogP contribution in [0.1, 0.15) is 51.3 Å². The molecule has 2 aromatic rings. The lowest BCUT2D eigenvalue weighted by Crippen LogP contribution is -2.30. The van der Waals surface area contributed by atoms with Crippen molar-refractivity contribution < 1.29 is 0 Å². The number of aromatic nitrogens is 2. The molecular formula is C19H29N3. The molecule has 1 aromatic carbocycles. The molecule has 0 saturated carbocycles. The van der Waals surface area contributed by atoms with Gasteiger partial charge in [-0.15, -0.1) is 0 Å². The normalized spacial score (nSPS) is 16.4. The largest absolute Gasteiger partial charge is 0.328 e. The van der Waals surface area contributed by atoms with Crippen molar-refractivity contribution in [2.24, 2.45) is 0 Å². The molecule has 1 aliphatic heterocycles. The van der Waals surface area contributed by atoms with Gasteiger partial charge < -0.3 is 9.47 Å². The number of aryl methyl sites for hydroxylation is 2. The molecule has 0 bridgehead atoms. The fraction of sp³-hybridized carbons (Fsp3) is 0.632. The second-order valence-electron chi connectivity index (χ2n) is 6.53. The van der Waals surface area contributed by atoms with E-state index in [9.17, 15) is 0 Å². The summed E-state index contributed by atoms with van der Waals surface area (Å²) in [5.41, 5.74) is 2.46. The van der Waals surface area contributed by atoms with E-state index in [1.165, 1.54) is 69.5 Å². The first-order chi connectivity index (χ1) is 10.9. The Morgan fingerprint density at radius 2 is 1.82 bits per heavy atom. The fourth-order valence-electron chi connectivity index (χ4n) is 3.59. The Bertz CT molecular complexity index is 581. The molecule has 1 aromatic heterocycles. The van der Waals surface area contributed by atoms with Gasteiger partial charge in [0, 0.05) is 13.0 Å². The molecule has 0 aliphatic carbocycles. The number of hydrogen-bond acceptors (Lipinski definition) is 2. The van der Waals surface area contributed by atoms with Crippen LogP contribution >= 0.6 is 0 Å². The van der Waals surface area contributed by atoms with Crippen LogP contribution in [-0.4, -0.2) is 34.1 Å². The number of imidazole rings is 1. The number of rotatable bonds is 7. The van der Waals surface area contributed by atoms with Crippen molar-refractivity contribution >= 4 is 11.0 Å². The lowest BCUT2D eigenvalue weighted by Gasteiger charge is -2.26. The summed E-state index contributed by atoms with van der Waals surface area (Å²) in [6.45, 7) is 7.23. The molecule has 3 heteroatoms. The van der Waals surface area contributed by atoms with E-state index in [0.717, 1.165) is 18.5 Å². The van der Waals surface area contributed by atoms with Gasteiger partial charge in [-0.05, 0) is 63.9 Å². The van der Waals surface area contributed by atoms with Gasteiger partial charge in [-0.25, -0.2) is 4.98 Å². The van der Waals surface area contributed by atoms with Crippen LogP contribution in [0.4, 0.5) is 0 Å². The first kappa shape index (κ1) is 15.5. The predicted octanol–water partition coefficient (Wildman–Crippen LogP) is 4.25. The number of piperidine rings is 1. The Hall–Kier alpha value is -1.35. The summed E-state index contributed by atoms with van der Waals surface area (Å²) in [5.74, 6) is 1.28. The van der Waals surface area contributed by atoms with E-state index in [-0.39, 0.29) is 0 Å². The zero-order valence-electron chi connectivity index (χ0n) is 13.9. The molecule has 0 unspecified atom stereocenters. The monoisotopic (exact) mass is 299 g/mol. The molecule has 0 N–H and O–H groups in total. The molecule has 0 spiro atoms. The summed E-state index contributed by atoms with van der Waals surface area (Å²) in [6.07, 6.45) is 9.05. The Balaban J connectivity index is 1.57. The number of hydrogen-bond donors (Lipinski definition) is 0. The summed E-state index contributed by atoms with van der Waals surface area (Å²) < 4.78 is 2.43. The summed E-state index contributed by atoms with van der Waals surface area (Å²) in [6, 6.07) is 8.55. The summed E-state index contributed by atoms with van der Waals surface area (Å²) in [5, 5.41) is 0. The van der Waals surface area contributed by atoms with Gasteiger partial charge in [0.25, 0.3) is 0 Å². The van der Waals surface area contributed by atoms with Gasteiger partial charge in [0.05, 0.1) is 11.0 Å². The number of fused-ring (bicyclic) bond motifs is 1. The standard InChI is InChI=1S/C19H29N3/c1-2-13-22-18-11-5-4-10-17(18)20-19(22)12-6-9-16-21-14-7-3-8-15-21/h4-5,10-11H,2-3,6-9,12-16H2,1H3. The second kappa shape index (κ2) is 7.77. The Kier molecular flexibility index (Phi) is 5.49. The van der Waals surface area contributed by atoms with E-state index >= 15 is 0 Å². The van der Waals surface area contributed by atoms with Gasteiger partial charge >= 0.3 is 0 Å². The maximum atomic E-state index is 4.86. The van der Waals surface area contributed by atoms with Crippen molar-refractivity contribution in [3.8, 4) is 0 Å². The maximum Gasteiger partial charge on any atom is 0.109 e. The van der Waals surface area contributed by atoms with Crippen LogP contribution in [0, 0.1) is 0 Å². The SMILES string of the molecule is CCCn1c(CCCCN2CCCCC2)nc2ccccc21. The first-order valence-electron chi connectivity index (χ1n) is 9.05. The van der Waals surface area contributed by atoms with Gasteiger partial charge in [-0.3, -0.25) is 0 Å². The van der Waals surface area contributed by atoms with Gasteiger partial charge in [0.15, 0.2) is 0 Å². The van der Waals surface area contributed by atoms with Crippen LogP contribution in [0.15, 0.2) is 24.3 Å². The Morgan fingerprint density at radius 3 is 2.64 bits per heavy atom. The third-order valence-electron chi connectivity index (χ3n) is 4.75. The summed E-state index contributed by atoms with van der Waals surface area (Å²) in [7, 11) is 0. The molecule has 1 fully saturated rings. The highest BCUT2D eigenvalue weighted by Crippen LogP contribution is 2.18. The lowest BCUT2D eigenvalue weighted by molar-refractivity contribution is 0.224. The van der Waals surface area contributed by atoms with E-state index < -0.39 is 0 Å². The highest BCUT2D eigenvalue weighted by Gasteiger charge is 2.11. The molecule has 3 nitrogen and oxygen atoms in total. The predicted molar refractivity (Wildman–Crippen MR) is 93.3 cm³/mol. The summed E-state index contributed by atoms with van der Waals surface area (Å²) in [4.78, 5) is 7.50. The second-order valence-corrected chi connectivity index (χ2v) is 6.53. The fourth-order valence-corrected chi connectivity index (χ4v) is 3.59. The molecule has 120 valence electrons. The van der Waals surface area contributed by atoms with Gasteiger partial charge in [0.1, 0.15) is 5.82 Å². The maximum absolute atomic E-state index is 4.86. The molecule has 0 amide bonds. The average Bonchev–Trinajstić information content (AvgIpc) is 2.91. The zero-order valence-corrected chi connectivity index (χ0v) is 13.9. The van der Waals surface area contributed by atoms with Crippen molar-refractivity contribution in [2.75, 3.05) is 19.6 Å². The van der Waals surface area contributed by atoms with E-state index in [2.05, 4.69) is 40.7 Å². The van der Waals surface area contributed by atoms with Crippen LogP contribution in [-0.2, 0) is 13.0 Å². The topological polar surface area (TPSA) is 21.1 Å². The highest BCUT2D eigenvalue weighted by molar-refractivity contribution is 5.75. The molecule has 3 rings (SSSR count). The minimum absolute atomic E-state index is 1.09. The smallest absolute Gasteiger partial charge is 0.109 e. The molecule has 22 heavy (non-hydrogen) atoms. The van der Waals surface area contributed by atoms with Crippen LogP contribution in [0.2, 0.25) is 0 Å². The quantitative estimate of drug-likeness (QED) is 0.712. The van der Waals surface area contributed by atoms with Gasteiger partial charge in [-0.2, -0.15) is 0 Å². The number of benzene rings is 1. The Labute approximate surface area is 134 Å². The lowest BCUT2D eigenvalue weighted by atomic mass is 10.1. The number of likely N-dealkylation sites (tertiary alicyclic amines) is 1. The minimum atomic E-state index is 1.09. The van der Waals surface area contributed by atoms with E-state index in [4.69, 9.17) is 4.98 Å². The number of unbranched alkanes of at least 4 members (excludes halogenated alkanes) is 1. The molecule has 2 heterocycles. The third-order valence-corrected chi connectivity index (χ3v) is 4.75.